The van der Waals surface area contributed by atoms with Crippen LogP contribution in [-0.2, 0) is 22.5 Å². The van der Waals surface area contributed by atoms with Crippen LogP contribution in [0.5, 0.6) is 0 Å². The van der Waals surface area contributed by atoms with Crippen molar-refractivity contribution in [2.24, 2.45) is 0 Å². The number of nitrogens with one attached hydrogen (secondary N) is 1. The minimum atomic E-state index is -0.666. The van der Waals surface area contributed by atoms with Crippen molar-refractivity contribution in [2.75, 3.05) is 20.3 Å². The first-order chi connectivity index (χ1) is 12.6. The van der Waals surface area contributed by atoms with E-state index in [9.17, 15) is 14.0 Å². The quantitative estimate of drug-likeness (QED) is 0.863. The second-order valence-electron chi connectivity index (χ2n) is 6.23. The summed E-state index contributed by atoms with van der Waals surface area (Å²) in [5, 5.41) is 2.76. The highest BCUT2D eigenvalue weighted by atomic mass is 19.1. The second kappa shape index (κ2) is 8.10. The highest BCUT2D eigenvalue weighted by molar-refractivity contribution is 6.00. The van der Waals surface area contributed by atoms with Gasteiger partial charge in [-0.2, -0.15) is 0 Å². The number of fused-ring (bicyclic) bond motifs is 1. The lowest BCUT2D eigenvalue weighted by molar-refractivity contribution is -0.134. The van der Waals surface area contributed by atoms with Crippen LogP contribution in [-0.4, -0.2) is 43.0 Å². The molecule has 0 spiro atoms. The van der Waals surface area contributed by atoms with Crippen LogP contribution in [0.1, 0.15) is 21.5 Å². The molecular formula is C20H21FN2O3. The van der Waals surface area contributed by atoms with E-state index in [1.54, 1.807) is 37.4 Å². The van der Waals surface area contributed by atoms with Crippen LogP contribution < -0.4 is 5.32 Å². The average molecular weight is 356 g/mol. The number of amides is 2. The first-order valence-electron chi connectivity index (χ1n) is 8.50. The molecule has 0 aromatic heterocycles. The molecule has 1 unspecified atom stereocenters. The summed E-state index contributed by atoms with van der Waals surface area (Å²) in [6, 6.07) is 12.9. The maximum atomic E-state index is 14.0. The summed E-state index contributed by atoms with van der Waals surface area (Å²) in [6.45, 7) is 0.776. The Morgan fingerprint density at radius 2 is 1.96 bits per heavy atom. The van der Waals surface area contributed by atoms with Crippen molar-refractivity contribution in [2.45, 2.75) is 19.0 Å². The van der Waals surface area contributed by atoms with Gasteiger partial charge in [0.05, 0.1) is 6.61 Å². The molecule has 0 saturated heterocycles. The molecular weight excluding hydrogens is 335 g/mol. The zero-order valence-corrected chi connectivity index (χ0v) is 14.6. The van der Waals surface area contributed by atoms with E-state index in [4.69, 9.17) is 4.74 Å². The molecule has 2 aromatic rings. The van der Waals surface area contributed by atoms with Gasteiger partial charge in [0.25, 0.3) is 5.91 Å². The molecule has 0 bridgehead atoms. The van der Waals surface area contributed by atoms with Gasteiger partial charge in [-0.15, -0.1) is 0 Å². The number of halogens is 1. The summed E-state index contributed by atoms with van der Waals surface area (Å²) in [5.41, 5.74) is 1.86. The highest BCUT2D eigenvalue weighted by Crippen LogP contribution is 2.19. The molecule has 3 rings (SSSR count). The number of carbonyl (C=O) groups is 2. The largest absolute Gasteiger partial charge is 0.383 e. The third kappa shape index (κ3) is 3.91. The molecule has 1 N–H and O–H groups in total. The predicted molar refractivity (Wildman–Crippen MR) is 95.1 cm³/mol. The molecule has 1 atom stereocenters. The Bertz CT molecular complexity index is 809. The zero-order chi connectivity index (χ0) is 18.5. The second-order valence-corrected chi connectivity index (χ2v) is 6.23. The maximum absolute atomic E-state index is 14.0. The van der Waals surface area contributed by atoms with Gasteiger partial charge in [-0.3, -0.25) is 9.59 Å². The standard InChI is InChI=1S/C20H21FN2O3/c1-26-11-10-23(13-15-7-3-5-9-17(15)21)20(25)18-12-14-6-2-4-8-16(14)19(24)22-18/h2-9,18H,10-13H2,1H3,(H,22,24). The van der Waals surface area contributed by atoms with Gasteiger partial charge in [0, 0.05) is 37.7 Å². The minimum absolute atomic E-state index is 0.128. The Balaban J connectivity index is 1.79. The Hall–Kier alpha value is -2.73. The third-order valence-corrected chi connectivity index (χ3v) is 4.49. The maximum Gasteiger partial charge on any atom is 0.252 e. The molecule has 136 valence electrons. The van der Waals surface area contributed by atoms with Crippen LogP contribution in [0.4, 0.5) is 4.39 Å². The van der Waals surface area contributed by atoms with Crippen molar-refractivity contribution in [1.82, 2.24) is 10.2 Å². The van der Waals surface area contributed by atoms with Gasteiger partial charge in [0.2, 0.25) is 5.91 Å². The number of ether oxygens (including phenoxy) is 1. The van der Waals surface area contributed by atoms with Gasteiger partial charge in [-0.05, 0) is 17.7 Å². The fraction of sp³-hybridized carbons (Fsp3) is 0.300. The summed E-state index contributed by atoms with van der Waals surface area (Å²) in [6.07, 6.45) is 0.418. The van der Waals surface area contributed by atoms with Gasteiger partial charge < -0.3 is 15.0 Å². The Kier molecular flexibility index (Phi) is 5.63. The summed E-state index contributed by atoms with van der Waals surface area (Å²) < 4.78 is 19.1. The van der Waals surface area contributed by atoms with Gasteiger partial charge >= 0.3 is 0 Å². The Labute approximate surface area is 151 Å². The molecule has 0 saturated carbocycles. The van der Waals surface area contributed by atoms with Crippen LogP contribution in [0.3, 0.4) is 0 Å². The Morgan fingerprint density at radius 1 is 1.23 bits per heavy atom. The monoisotopic (exact) mass is 356 g/mol. The molecule has 6 heteroatoms. The van der Waals surface area contributed by atoms with E-state index in [2.05, 4.69) is 5.32 Å². The molecule has 26 heavy (non-hydrogen) atoms. The number of rotatable bonds is 6. The Morgan fingerprint density at radius 3 is 2.73 bits per heavy atom. The normalized spacial score (nSPS) is 15.9. The van der Waals surface area contributed by atoms with Crippen molar-refractivity contribution in [1.29, 1.82) is 0 Å². The smallest absolute Gasteiger partial charge is 0.252 e. The van der Waals surface area contributed by atoms with Gasteiger partial charge in [0.1, 0.15) is 11.9 Å². The van der Waals surface area contributed by atoms with Crippen molar-refractivity contribution in [3.05, 3.63) is 71.0 Å². The molecule has 1 heterocycles. The molecule has 2 aromatic carbocycles. The zero-order valence-electron chi connectivity index (χ0n) is 14.6. The van der Waals surface area contributed by atoms with Crippen LogP contribution in [0.25, 0.3) is 0 Å². The number of benzene rings is 2. The van der Waals surface area contributed by atoms with Crippen LogP contribution in [0.2, 0.25) is 0 Å². The molecule has 2 amide bonds. The molecule has 0 aliphatic carbocycles. The number of methoxy groups -OCH3 is 1. The van der Waals surface area contributed by atoms with Crippen molar-refractivity contribution < 1.29 is 18.7 Å². The van der Waals surface area contributed by atoms with Crippen LogP contribution >= 0.6 is 0 Å². The van der Waals surface area contributed by atoms with E-state index in [0.29, 0.717) is 30.7 Å². The SMILES string of the molecule is COCCN(Cc1ccccc1F)C(=O)C1Cc2ccccc2C(=O)N1. The molecule has 5 nitrogen and oxygen atoms in total. The van der Waals surface area contributed by atoms with E-state index >= 15 is 0 Å². The lowest BCUT2D eigenvalue weighted by Gasteiger charge is -2.31. The lowest BCUT2D eigenvalue weighted by atomic mass is 9.94. The highest BCUT2D eigenvalue weighted by Gasteiger charge is 2.31. The average Bonchev–Trinajstić information content (AvgIpc) is 2.66. The summed E-state index contributed by atoms with van der Waals surface area (Å²) in [4.78, 5) is 26.8. The van der Waals surface area contributed by atoms with Crippen LogP contribution in [0.15, 0.2) is 48.5 Å². The lowest BCUT2D eigenvalue weighted by Crippen LogP contribution is -2.52. The molecule has 0 fully saturated rings. The molecule has 0 radical (unpaired) electrons. The van der Waals surface area contributed by atoms with E-state index in [1.807, 2.05) is 12.1 Å². The third-order valence-electron chi connectivity index (χ3n) is 4.49. The van der Waals surface area contributed by atoms with Crippen molar-refractivity contribution >= 4 is 11.8 Å². The molecule has 1 aliphatic heterocycles. The number of carbonyl (C=O) groups excluding carboxylic acids is 2. The predicted octanol–water partition coefficient (Wildman–Crippen LogP) is 2.16. The number of hydrogen-bond donors (Lipinski definition) is 1. The van der Waals surface area contributed by atoms with Crippen molar-refractivity contribution in [3.63, 3.8) is 0 Å². The van der Waals surface area contributed by atoms with Gasteiger partial charge in [0.15, 0.2) is 0 Å². The van der Waals surface area contributed by atoms with Gasteiger partial charge in [-0.25, -0.2) is 4.39 Å². The number of hydrogen-bond acceptors (Lipinski definition) is 3. The van der Waals surface area contributed by atoms with E-state index in [-0.39, 0.29) is 24.2 Å². The fourth-order valence-corrected chi connectivity index (χ4v) is 3.10. The van der Waals surface area contributed by atoms with E-state index in [1.165, 1.54) is 11.0 Å². The van der Waals surface area contributed by atoms with E-state index < -0.39 is 6.04 Å². The number of nitrogens with zero attached hydrogens (tertiary/aromatic N) is 1. The van der Waals surface area contributed by atoms with Gasteiger partial charge in [-0.1, -0.05) is 36.4 Å². The van der Waals surface area contributed by atoms with Crippen LogP contribution in [0, 0.1) is 5.82 Å². The topological polar surface area (TPSA) is 58.6 Å². The first kappa shape index (κ1) is 18.1. The fourth-order valence-electron chi connectivity index (χ4n) is 3.10. The van der Waals surface area contributed by atoms with Crippen molar-refractivity contribution in [3.8, 4) is 0 Å². The van der Waals surface area contributed by atoms with E-state index in [0.717, 1.165) is 5.56 Å². The first-order valence-corrected chi connectivity index (χ1v) is 8.50. The summed E-state index contributed by atoms with van der Waals surface area (Å²) in [7, 11) is 1.55. The summed E-state index contributed by atoms with van der Waals surface area (Å²) in [5.74, 6) is -0.864. The molecule has 1 aliphatic rings. The minimum Gasteiger partial charge on any atom is -0.383 e. The summed E-state index contributed by atoms with van der Waals surface area (Å²) >= 11 is 0.